The molecular formula is C12H15N3. The maximum absolute atomic E-state index is 4.33. The van der Waals surface area contributed by atoms with Crippen LogP contribution in [0.1, 0.15) is 5.82 Å². The van der Waals surface area contributed by atoms with E-state index >= 15 is 0 Å². The lowest BCUT2D eigenvalue weighted by molar-refractivity contribution is 0.764. The van der Waals surface area contributed by atoms with Crippen molar-refractivity contribution in [1.82, 2.24) is 15.3 Å². The smallest absolute Gasteiger partial charge is 0.107 e. The molecule has 2 N–H and O–H groups in total. The highest BCUT2D eigenvalue weighted by atomic mass is 14.9. The van der Waals surface area contributed by atoms with E-state index in [1.807, 2.05) is 31.4 Å². The number of nitrogens with one attached hydrogen (secondary N) is 2. The van der Waals surface area contributed by atoms with Crippen molar-refractivity contribution in [3.8, 4) is 11.3 Å². The molecule has 1 heterocycles. The minimum absolute atomic E-state index is 0.934. The molecule has 0 aliphatic carbocycles. The van der Waals surface area contributed by atoms with Gasteiger partial charge in [0.2, 0.25) is 0 Å². The molecule has 0 aliphatic heterocycles. The van der Waals surface area contributed by atoms with Gasteiger partial charge < -0.3 is 10.3 Å². The minimum atomic E-state index is 0.934. The molecule has 0 unspecified atom stereocenters. The lowest BCUT2D eigenvalue weighted by Gasteiger charge is -1.96. The van der Waals surface area contributed by atoms with Crippen molar-refractivity contribution < 1.29 is 0 Å². The summed E-state index contributed by atoms with van der Waals surface area (Å²) in [4.78, 5) is 7.65. The Labute approximate surface area is 89.6 Å². The van der Waals surface area contributed by atoms with Crippen molar-refractivity contribution in [1.29, 1.82) is 0 Å². The third-order valence-corrected chi connectivity index (χ3v) is 2.33. The molecule has 0 atom stereocenters. The highest BCUT2D eigenvalue weighted by molar-refractivity contribution is 5.57. The fourth-order valence-electron chi connectivity index (χ4n) is 1.50. The van der Waals surface area contributed by atoms with E-state index in [-0.39, 0.29) is 0 Å². The number of nitrogens with zero attached hydrogens (tertiary/aromatic N) is 1. The molecule has 0 fully saturated rings. The number of hydrogen-bond donors (Lipinski definition) is 2. The second-order valence-corrected chi connectivity index (χ2v) is 3.46. The normalized spacial score (nSPS) is 10.5. The zero-order valence-corrected chi connectivity index (χ0v) is 8.83. The topological polar surface area (TPSA) is 40.7 Å². The Bertz CT molecular complexity index is 406. The van der Waals surface area contributed by atoms with E-state index in [1.54, 1.807) is 0 Å². The van der Waals surface area contributed by atoms with Crippen LogP contribution in [-0.4, -0.2) is 23.6 Å². The highest BCUT2D eigenvalue weighted by Crippen LogP contribution is 2.15. The first kappa shape index (κ1) is 9.93. The standard InChI is InChI=1S/C12H15N3/c1-13-8-7-12-14-9-11(15-12)10-5-3-2-4-6-10/h2-6,9,13H,7-8H2,1H3,(H,14,15). The molecule has 2 aromatic rings. The van der Waals surface area contributed by atoms with E-state index in [0.717, 1.165) is 24.5 Å². The first-order valence-electron chi connectivity index (χ1n) is 5.14. The van der Waals surface area contributed by atoms with Gasteiger partial charge in [-0.1, -0.05) is 30.3 Å². The molecule has 3 nitrogen and oxygen atoms in total. The van der Waals surface area contributed by atoms with Crippen LogP contribution in [0.15, 0.2) is 36.5 Å². The van der Waals surface area contributed by atoms with Crippen molar-refractivity contribution in [2.75, 3.05) is 13.6 Å². The number of H-pyrrole nitrogens is 1. The molecule has 0 aliphatic rings. The van der Waals surface area contributed by atoms with Gasteiger partial charge in [0.05, 0.1) is 11.9 Å². The third-order valence-electron chi connectivity index (χ3n) is 2.33. The fraction of sp³-hybridized carbons (Fsp3) is 0.250. The van der Waals surface area contributed by atoms with Crippen LogP contribution in [0.3, 0.4) is 0 Å². The first-order chi connectivity index (χ1) is 7.40. The Morgan fingerprint density at radius 1 is 1.27 bits per heavy atom. The summed E-state index contributed by atoms with van der Waals surface area (Å²) < 4.78 is 0. The van der Waals surface area contributed by atoms with Crippen molar-refractivity contribution in [3.63, 3.8) is 0 Å². The quantitative estimate of drug-likeness (QED) is 0.792. The van der Waals surface area contributed by atoms with Gasteiger partial charge in [0.1, 0.15) is 5.82 Å². The van der Waals surface area contributed by atoms with Crippen molar-refractivity contribution in [2.24, 2.45) is 0 Å². The van der Waals surface area contributed by atoms with E-state index in [4.69, 9.17) is 0 Å². The van der Waals surface area contributed by atoms with Crippen LogP contribution in [-0.2, 0) is 6.42 Å². The molecule has 3 heteroatoms. The second kappa shape index (κ2) is 4.75. The maximum atomic E-state index is 4.33. The zero-order valence-electron chi connectivity index (χ0n) is 8.83. The number of rotatable bonds is 4. The van der Waals surface area contributed by atoms with Crippen molar-refractivity contribution in [3.05, 3.63) is 42.4 Å². The van der Waals surface area contributed by atoms with Crippen molar-refractivity contribution in [2.45, 2.75) is 6.42 Å². The van der Waals surface area contributed by atoms with E-state index in [9.17, 15) is 0 Å². The van der Waals surface area contributed by atoms with Gasteiger partial charge >= 0.3 is 0 Å². The third kappa shape index (κ3) is 2.44. The van der Waals surface area contributed by atoms with Crippen LogP contribution in [0, 0.1) is 0 Å². The molecule has 1 aromatic heterocycles. The Kier molecular flexibility index (Phi) is 3.15. The summed E-state index contributed by atoms with van der Waals surface area (Å²) in [5.41, 5.74) is 2.27. The highest BCUT2D eigenvalue weighted by Gasteiger charge is 2.01. The van der Waals surface area contributed by atoms with Gasteiger partial charge in [-0.05, 0) is 12.6 Å². The van der Waals surface area contributed by atoms with Gasteiger partial charge in [-0.25, -0.2) is 4.98 Å². The summed E-state index contributed by atoms with van der Waals surface area (Å²) in [6.45, 7) is 0.946. The Morgan fingerprint density at radius 3 is 2.80 bits per heavy atom. The summed E-state index contributed by atoms with van der Waals surface area (Å²) in [6, 6.07) is 10.2. The van der Waals surface area contributed by atoms with Crippen LogP contribution < -0.4 is 5.32 Å². The maximum Gasteiger partial charge on any atom is 0.107 e. The number of likely N-dealkylation sites (N-methyl/N-ethyl adjacent to an activating group) is 1. The summed E-state index contributed by atoms with van der Waals surface area (Å²) in [7, 11) is 1.95. The predicted octanol–water partition coefficient (Wildman–Crippen LogP) is 1.84. The molecule has 0 saturated heterocycles. The van der Waals surface area contributed by atoms with Gasteiger partial charge in [0.15, 0.2) is 0 Å². The van der Waals surface area contributed by atoms with Gasteiger partial charge in [0, 0.05) is 13.0 Å². The molecule has 0 bridgehead atoms. The van der Waals surface area contributed by atoms with Crippen molar-refractivity contribution >= 4 is 0 Å². The molecule has 2 rings (SSSR count). The van der Waals surface area contributed by atoms with E-state index < -0.39 is 0 Å². The number of benzene rings is 1. The largest absolute Gasteiger partial charge is 0.342 e. The summed E-state index contributed by atoms with van der Waals surface area (Å²) in [5, 5.41) is 3.11. The Morgan fingerprint density at radius 2 is 2.07 bits per heavy atom. The van der Waals surface area contributed by atoms with Crippen LogP contribution in [0.5, 0.6) is 0 Å². The van der Waals surface area contributed by atoms with Crippen LogP contribution >= 0.6 is 0 Å². The van der Waals surface area contributed by atoms with Gasteiger partial charge in [-0.3, -0.25) is 0 Å². The van der Waals surface area contributed by atoms with Crippen LogP contribution in [0.4, 0.5) is 0 Å². The van der Waals surface area contributed by atoms with E-state index in [2.05, 4.69) is 27.4 Å². The second-order valence-electron chi connectivity index (χ2n) is 3.46. The molecule has 0 spiro atoms. The summed E-state index contributed by atoms with van der Waals surface area (Å²) in [6.07, 6.45) is 2.82. The number of aromatic amines is 1. The van der Waals surface area contributed by atoms with E-state index in [1.165, 1.54) is 5.56 Å². The number of hydrogen-bond acceptors (Lipinski definition) is 2. The van der Waals surface area contributed by atoms with Gasteiger partial charge in [-0.2, -0.15) is 0 Å². The summed E-state index contributed by atoms with van der Waals surface area (Å²) in [5.74, 6) is 1.03. The average Bonchev–Trinajstić information content (AvgIpc) is 2.76. The first-order valence-corrected chi connectivity index (χ1v) is 5.14. The molecule has 15 heavy (non-hydrogen) atoms. The summed E-state index contributed by atoms with van der Waals surface area (Å²) >= 11 is 0. The fourth-order valence-corrected chi connectivity index (χ4v) is 1.50. The Hall–Kier alpha value is -1.61. The molecule has 0 amide bonds. The number of aromatic nitrogens is 2. The average molecular weight is 201 g/mol. The molecule has 78 valence electrons. The Balaban J connectivity index is 2.14. The van der Waals surface area contributed by atoms with Gasteiger partial charge in [0.25, 0.3) is 0 Å². The predicted molar refractivity (Wildman–Crippen MR) is 61.7 cm³/mol. The molecular weight excluding hydrogens is 186 g/mol. The van der Waals surface area contributed by atoms with E-state index in [0.29, 0.717) is 0 Å². The monoisotopic (exact) mass is 201 g/mol. The SMILES string of the molecule is CNCCc1ncc(-c2ccccc2)[nH]1. The molecule has 0 saturated carbocycles. The van der Waals surface area contributed by atoms with Crippen LogP contribution in [0.2, 0.25) is 0 Å². The van der Waals surface area contributed by atoms with Gasteiger partial charge in [-0.15, -0.1) is 0 Å². The lowest BCUT2D eigenvalue weighted by Crippen LogP contribution is -2.10. The number of imidazole rings is 1. The lowest BCUT2D eigenvalue weighted by atomic mass is 10.2. The molecule has 0 radical (unpaired) electrons. The molecule has 1 aromatic carbocycles. The van der Waals surface area contributed by atoms with Crippen LogP contribution in [0.25, 0.3) is 11.3 Å². The zero-order chi connectivity index (χ0) is 10.5. The minimum Gasteiger partial charge on any atom is -0.342 e.